The molecule has 0 radical (unpaired) electrons. The number of nitrogens with one attached hydrogen (secondary N) is 1. The second-order valence-corrected chi connectivity index (χ2v) is 12.2. The summed E-state index contributed by atoms with van der Waals surface area (Å²) in [6, 6.07) is 6.10. The monoisotopic (exact) mass is 576 g/mol. The first-order chi connectivity index (χ1) is 21.0. The molecule has 3 aliphatic rings. The van der Waals surface area contributed by atoms with Crippen LogP contribution in [0.15, 0.2) is 30.5 Å². The summed E-state index contributed by atoms with van der Waals surface area (Å²) in [4.78, 5) is 17.7. The largest absolute Gasteiger partial charge is 0.508 e. The van der Waals surface area contributed by atoms with E-state index in [2.05, 4.69) is 25.2 Å². The van der Waals surface area contributed by atoms with Crippen LogP contribution in [0.4, 0.5) is 14.6 Å². The maximum absolute atomic E-state index is 16.8. The van der Waals surface area contributed by atoms with E-state index < -0.39 is 23.6 Å². The van der Waals surface area contributed by atoms with Gasteiger partial charge in [-0.3, -0.25) is 4.98 Å². The van der Waals surface area contributed by atoms with Crippen molar-refractivity contribution in [1.82, 2.24) is 25.2 Å². The molecule has 4 heterocycles. The Labute approximate surface area is 246 Å². The van der Waals surface area contributed by atoms with Crippen LogP contribution in [0.3, 0.4) is 0 Å². The molecule has 4 aromatic rings. The molecule has 1 saturated carbocycles. The zero-order valence-electron chi connectivity index (χ0n) is 26.0. The average molecular weight is 577 g/mol. The Morgan fingerprint density at radius 1 is 1.17 bits per heavy atom. The maximum Gasteiger partial charge on any atom is 0.319 e. The molecular weight excluding hydrogens is 538 g/mol. The van der Waals surface area contributed by atoms with Crippen LogP contribution in [0.5, 0.6) is 11.8 Å². The van der Waals surface area contributed by atoms with Gasteiger partial charge in [0, 0.05) is 48.9 Å². The molecule has 2 aliphatic heterocycles. The lowest BCUT2D eigenvalue weighted by Crippen LogP contribution is -2.51. The number of aromatic hydroxyl groups is 1. The van der Waals surface area contributed by atoms with Crippen molar-refractivity contribution >= 4 is 27.5 Å². The standard InChI is InChI=1S/C32H36F2N6O2/c1-4-22-25(33)8-5-18-11-21(41)12-23(26(18)22)28-27(34)29-24(13-35-28)30(40-14-19-6-7-20(15-40)36-19)38-31(37-29)42-17-32(9-10-32)16-39(2)3/h5,8,11-13,19-20,36,41H,4,6-7,9-10,14-17H2,1-3H3/t19-,20+/i17D2. The molecule has 2 bridgehead atoms. The third kappa shape index (κ3) is 4.80. The van der Waals surface area contributed by atoms with Crippen molar-refractivity contribution in [3.63, 3.8) is 0 Å². The maximum atomic E-state index is 16.8. The van der Waals surface area contributed by atoms with E-state index in [9.17, 15) is 9.50 Å². The number of aryl methyl sites for hydroxylation is 1. The van der Waals surface area contributed by atoms with Gasteiger partial charge < -0.3 is 25.0 Å². The summed E-state index contributed by atoms with van der Waals surface area (Å²) in [5.74, 6) is -0.858. The third-order valence-corrected chi connectivity index (χ3v) is 8.75. The molecule has 2 N–H and O–H groups in total. The molecule has 0 spiro atoms. The molecule has 220 valence electrons. The number of fused-ring (bicyclic) bond motifs is 4. The van der Waals surface area contributed by atoms with Gasteiger partial charge >= 0.3 is 6.01 Å². The Balaban J connectivity index is 1.41. The van der Waals surface area contributed by atoms with Crippen LogP contribution in [-0.4, -0.2) is 77.3 Å². The number of nitrogens with zero attached hydrogens (tertiary/aromatic N) is 5. The van der Waals surface area contributed by atoms with E-state index in [1.807, 2.05) is 25.9 Å². The van der Waals surface area contributed by atoms with E-state index in [1.54, 1.807) is 6.07 Å². The number of anilines is 1. The van der Waals surface area contributed by atoms with Crippen molar-refractivity contribution in [3.8, 4) is 23.0 Å². The fourth-order valence-corrected chi connectivity index (χ4v) is 6.70. The highest BCUT2D eigenvalue weighted by atomic mass is 19.1. The van der Waals surface area contributed by atoms with E-state index in [4.69, 9.17) is 7.48 Å². The van der Waals surface area contributed by atoms with E-state index >= 15 is 4.39 Å². The number of halogens is 2. The normalized spacial score (nSPS) is 22.1. The molecule has 7 rings (SSSR count). The lowest BCUT2D eigenvalue weighted by molar-refractivity contribution is 0.183. The summed E-state index contributed by atoms with van der Waals surface area (Å²) in [5.41, 5.74) is -0.237. The van der Waals surface area contributed by atoms with Crippen LogP contribution in [-0.2, 0) is 6.42 Å². The molecule has 1 aliphatic carbocycles. The quantitative estimate of drug-likeness (QED) is 0.301. The van der Waals surface area contributed by atoms with Gasteiger partial charge in [-0.2, -0.15) is 9.97 Å². The summed E-state index contributed by atoms with van der Waals surface area (Å²) in [6.07, 6.45) is 5.24. The molecule has 0 amide bonds. The minimum Gasteiger partial charge on any atom is -0.508 e. The first-order valence-electron chi connectivity index (χ1n) is 15.6. The second-order valence-electron chi connectivity index (χ2n) is 12.2. The van der Waals surface area contributed by atoms with Gasteiger partial charge in [-0.25, -0.2) is 8.78 Å². The van der Waals surface area contributed by atoms with Crippen molar-refractivity contribution in [1.29, 1.82) is 0 Å². The third-order valence-electron chi connectivity index (χ3n) is 8.75. The lowest BCUT2D eigenvalue weighted by atomic mass is 9.94. The van der Waals surface area contributed by atoms with Crippen LogP contribution in [0.1, 0.15) is 40.9 Å². The molecule has 2 saturated heterocycles. The zero-order chi connectivity index (χ0) is 31.0. The number of hydrogen-bond donors (Lipinski definition) is 2. The number of pyridine rings is 1. The molecule has 42 heavy (non-hydrogen) atoms. The van der Waals surface area contributed by atoms with E-state index in [-0.39, 0.29) is 40.6 Å². The summed E-state index contributed by atoms with van der Waals surface area (Å²) >= 11 is 0. The highest BCUT2D eigenvalue weighted by Gasteiger charge is 2.44. The Morgan fingerprint density at radius 2 is 1.93 bits per heavy atom. The van der Waals surface area contributed by atoms with Crippen molar-refractivity contribution < 1.29 is 21.4 Å². The zero-order valence-corrected chi connectivity index (χ0v) is 24.0. The fraction of sp³-hybridized carbons (Fsp3) is 0.469. The molecule has 3 fully saturated rings. The van der Waals surface area contributed by atoms with Gasteiger partial charge in [0.2, 0.25) is 0 Å². The molecule has 2 aromatic heterocycles. The Morgan fingerprint density at radius 3 is 2.62 bits per heavy atom. The van der Waals surface area contributed by atoms with Crippen LogP contribution in [0.2, 0.25) is 0 Å². The van der Waals surface area contributed by atoms with Crippen LogP contribution in [0, 0.1) is 17.0 Å². The van der Waals surface area contributed by atoms with Crippen molar-refractivity contribution in [3.05, 3.63) is 47.7 Å². The number of phenols is 1. The predicted molar refractivity (Wildman–Crippen MR) is 159 cm³/mol. The number of phenolic OH excluding ortho intramolecular Hbond substituents is 1. The Bertz CT molecular complexity index is 1770. The molecular formula is C32H36F2N6O2. The minimum absolute atomic E-state index is 0.0694. The number of piperazine rings is 1. The van der Waals surface area contributed by atoms with Crippen LogP contribution >= 0.6 is 0 Å². The average Bonchev–Trinajstić information content (AvgIpc) is 3.69. The number of benzene rings is 2. The van der Waals surface area contributed by atoms with Crippen molar-refractivity contribution in [2.75, 3.05) is 45.2 Å². The number of hydrogen-bond acceptors (Lipinski definition) is 8. The van der Waals surface area contributed by atoms with Crippen LogP contribution in [0.25, 0.3) is 32.9 Å². The van der Waals surface area contributed by atoms with E-state index in [0.29, 0.717) is 66.4 Å². The highest BCUT2D eigenvalue weighted by Crippen LogP contribution is 2.46. The Kier molecular flexibility index (Phi) is 6.10. The van der Waals surface area contributed by atoms with Crippen molar-refractivity contribution in [2.45, 2.75) is 51.1 Å². The second kappa shape index (κ2) is 10.3. The first kappa shape index (κ1) is 24.9. The molecule has 2 atom stereocenters. The van der Waals surface area contributed by atoms with E-state index in [1.165, 1.54) is 24.4 Å². The van der Waals surface area contributed by atoms with Gasteiger partial charge in [0.1, 0.15) is 28.6 Å². The fourth-order valence-electron chi connectivity index (χ4n) is 6.70. The summed E-state index contributed by atoms with van der Waals surface area (Å²) < 4.78 is 55.4. The van der Waals surface area contributed by atoms with Crippen molar-refractivity contribution in [2.24, 2.45) is 5.41 Å². The number of aromatic nitrogens is 3. The SMILES string of the molecule is [2H]C([2H])(Oc1nc(N2C[C@H]3CC[C@@H](C2)N3)c2cnc(-c3cc(O)cc4ccc(F)c(CC)c34)c(F)c2n1)C1(CN(C)C)CC1. The molecule has 8 nitrogen and oxygen atoms in total. The number of rotatable bonds is 8. The van der Waals surface area contributed by atoms with Gasteiger partial charge in [-0.15, -0.1) is 0 Å². The van der Waals surface area contributed by atoms with Gasteiger partial charge in [0.15, 0.2) is 5.82 Å². The predicted octanol–water partition coefficient (Wildman–Crippen LogP) is 5.05. The summed E-state index contributed by atoms with van der Waals surface area (Å²) in [6.45, 7) is 1.52. The lowest BCUT2D eigenvalue weighted by Gasteiger charge is -2.34. The van der Waals surface area contributed by atoms with Crippen LogP contribution < -0.4 is 15.0 Å². The smallest absolute Gasteiger partial charge is 0.319 e. The minimum atomic E-state index is -2.09. The molecule has 10 heteroatoms. The van der Waals surface area contributed by atoms with Gasteiger partial charge in [-0.05, 0) is 80.7 Å². The van der Waals surface area contributed by atoms with Gasteiger partial charge in [0.05, 0.1) is 14.7 Å². The summed E-state index contributed by atoms with van der Waals surface area (Å²) in [5, 5.41) is 15.5. The first-order valence-corrected chi connectivity index (χ1v) is 14.6. The summed E-state index contributed by atoms with van der Waals surface area (Å²) in [7, 11) is 3.79. The Hall–Kier alpha value is -3.63. The van der Waals surface area contributed by atoms with Gasteiger partial charge in [0.25, 0.3) is 0 Å². The number of ether oxygens (including phenoxy) is 1. The topological polar surface area (TPSA) is 86.6 Å². The van der Waals surface area contributed by atoms with E-state index in [0.717, 1.165) is 12.8 Å². The highest BCUT2D eigenvalue weighted by molar-refractivity contribution is 6.01. The molecule has 0 unspecified atom stereocenters. The molecule has 2 aromatic carbocycles. The van der Waals surface area contributed by atoms with Gasteiger partial charge in [-0.1, -0.05) is 13.0 Å².